The number of esters is 1. The fourth-order valence-electron chi connectivity index (χ4n) is 3.80. The van der Waals surface area contributed by atoms with Crippen LogP contribution in [0, 0.1) is 0 Å². The van der Waals surface area contributed by atoms with Gasteiger partial charge in [0, 0.05) is 24.6 Å². The minimum absolute atomic E-state index is 0.00976. The number of alkyl halides is 3. The van der Waals surface area contributed by atoms with E-state index in [0.29, 0.717) is 12.2 Å². The van der Waals surface area contributed by atoms with Gasteiger partial charge in [-0.3, -0.25) is 4.79 Å². The van der Waals surface area contributed by atoms with Crippen LogP contribution in [0.2, 0.25) is 0 Å². The number of carbonyl (C=O) groups excluding carboxylic acids is 2. The summed E-state index contributed by atoms with van der Waals surface area (Å²) in [6, 6.07) is 14.1. The van der Waals surface area contributed by atoms with Crippen molar-refractivity contribution in [3.8, 4) is 0 Å². The maximum absolute atomic E-state index is 13.6. The molecule has 1 aliphatic heterocycles. The van der Waals surface area contributed by atoms with Gasteiger partial charge < -0.3 is 9.64 Å². The molecule has 4 nitrogen and oxygen atoms in total. The molecule has 0 aromatic heterocycles. The van der Waals surface area contributed by atoms with Crippen LogP contribution in [0.3, 0.4) is 0 Å². The molecule has 1 unspecified atom stereocenters. The quantitative estimate of drug-likeness (QED) is 0.639. The van der Waals surface area contributed by atoms with Gasteiger partial charge in [0.25, 0.3) is 0 Å². The highest BCUT2D eigenvalue weighted by Crippen LogP contribution is 2.42. The molecule has 2 aromatic carbocycles. The molecule has 30 heavy (non-hydrogen) atoms. The number of hydrogen-bond donors (Lipinski definition) is 0. The lowest BCUT2D eigenvalue weighted by molar-refractivity contribution is -0.143. The second-order valence-electron chi connectivity index (χ2n) is 7.04. The fraction of sp³-hybridized carbons (Fsp3) is 0.304. The summed E-state index contributed by atoms with van der Waals surface area (Å²) in [6.45, 7) is 3.62. The minimum Gasteiger partial charge on any atom is -0.457 e. The first-order chi connectivity index (χ1) is 14.2. The van der Waals surface area contributed by atoms with Crippen molar-refractivity contribution >= 4 is 11.9 Å². The summed E-state index contributed by atoms with van der Waals surface area (Å²) < 4.78 is 46.3. The molecule has 1 atom stereocenters. The van der Waals surface area contributed by atoms with Gasteiger partial charge in [0.2, 0.25) is 5.91 Å². The van der Waals surface area contributed by atoms with Crippen LogP contribution >= 0.6 is 0 Å². The van der Waals surface area contributed by atoms with Crippen molar-refractivity contribution in [1.29, 1.82) is 0 Å². The van der Waals surface area contributed by atoms with Gasteiger partial charge >= 0.3 is 12.1 Å². The van der Waals surface area contributed by atoms with Crippen LogP contribution in [-0.4, -0.2) is 23.3 Å². The Morgan fingerprint density at radius 2 is 1.73 bits per heavy atom. The molecule has 1 amide bonds. The lowest BCUT2D eigenvalue weighted by Gasteiger charge is -2.34. The molecule has 0 bridgehead atoms. The Morgan fingerprint density at radius 1 is 1.10 bits per heavy atom. The Morgan fingerprint density at radius 3 is 2.37 bits per heavy atom. The summed E-state index contributed by atoms with van der Waals surface area (Å²) in [7, 11) is 0. The maximum Gasteiger partial charge on any atom is 0.416 e. The molecule has 0 saturated carbocycles. The van der Waals surface area contributed by atoms with E-state index in [2.05, 4.69) is 0 Å². The van der Waals surface area contributed by atoms with Crippen molar-refractivity contribution in [1.82, 2.24) is 4.90 Å². The third-order valence-corrected chi connectivity index (χ3v) is 5.21. The van der Waals surface area contributed by atoms with Gasteiger partial charge in [-0.2, -0.15) is 13.2 Å². The highest BCUT2D eigenvalue weighted by molar-refractivity contribution is 5.96. The van der Waals surface area contributed by atoms with Crippen molar-refractivity contribution < 1.29 is 27.5 Å². The molecular formula is C23H22F3NO3. The molecule has 0 radical (unpaired) electrons. The Kier molecular flexibility index (Phi) is 6.29. The highest BCUT2D eigenvalue weighted by Gasteiger charge is 2.41. The number of ether oxygens (including phenoxy) is 1. The van der Waals surface area contributed by atoms with Crippen LogP contribution in [0.25, 0.3) is 0 Å². The van der Waals surface area contributed by atoms with E-state index in [4.69, 9.17) is 4.74 Å². The molecule has 0 aliphatic carbocycles. The Balaban J connectivity index is 2.02. The lowest BCUT2D eigenvalue weighted by Crippen LogP contribution is -2.38. The normalized spacial score (nSPS) is 17.3. The zero-order chi connectivity index (χ0) is 21.9. The van der Waals surface area contributed by atoms with Crippen molar-refractivity contribution in [3.63, 3.8) is 0 Å². The largest absolute Gasteiger partial charge is 0.457 e. The monoisotopic (exact) mass is 417 g/mol. The molecule has 7 heteroatoms. The first kappa shape index (κ1) is 21.6. The molecule has 0 saturated heterocycles. The second-order valence-corrected chi connectivity index (χ2v) is 7.04. The lowest BCUT2D eigenvalue weighted by atomic mass is 9.81. The van der Waals surface area contributed by atoms with E-state index in [1.165, 1.54) is 23.1 Å². The molecular weight excluding hydrogens is 395 g/mol. The van der Waals surface area contributed by atoms with E-state index >= 15 is 0 Å². The van der Waals surface area contributed by atoms with Crippen LogP contribution in [-0.2, 0) is 27.1 Å². The van der Waals surface area contributed by atoms with Crippen LogP contribution < -0.4 is 0 Å². The highest BCUT2D eigenvalue weighted by atomic mass is 19.4. The van der Waals surface area contributed by atoms with Crippen molar-refractivity contribution in [2.75, 3.05) is 6.54 Å². The zero-order valence-electron chi connectivity index (χ0n) is 16.7. The smallest absolute Gasteiger partial charge is 0.416 e. The van der Waals surface area contributed by atoms with Gasteiger partial charge in [-0.1, -0.05) is 48.5 Å². The van der Waals surface area contributed by atoms with Crippen molar-refractivity contribution in [2.24, 2.45) is 0 Å². The average molecular weight is 417 g/mol. The molecule has 0 spiro atoms. The summed E-state index contributed by atoms with van der Waals surface area (Å²) in [5.74, 6) is -2.07. The number of nitrogens with zero attached hydrogens (tertiary/aromatic N) is 1. The van der Waals surface area contributed by atoms with E-state index < -0.39 is 23.6 Å². The molecule has 0 N–H and O–H groups in total. The Bertz CT molecular complexity index is 967. The summed E-state index contributed by atoms with van der Waals surface area (Å²) in [5, 5.41) is 0. The van der Waals surface area contributed by atoms with Gasteiger partial charge in [-0.15, -0.1) is 0 Å². The van der Waals surface area contributed by atoms with Crippen molar-refractivity contribution in [2.45, 2.75) is 39.0 Å². The SMILES string of the molecule is CCN1C(=O)CC(c2ccccc2C(F)(F)F)C(C(=O)OCc2ccccc2)=C1C. The number of hydrogen-bond acceptors (Lipinski definition) is 3. The predicted octanol–water partition coefficient (Wildman–Crippen LogP) is 5.06. The van der Waals surface area contributed by atoms with Gasteiger partial charge in [-0.25, -0.2) is 4.79 Å². The first-order valence-electron chi connectivity index (χ1n) is 9.62. The van der Waals surface area contributed by atoms with Crippen LogP contribution in [0.4, 0.5) is 13.2 Å². The third-order valence-electron chi connectivity index (χ3n) is 5.21. The standard InChI is InChI=1S/C23H22F3NO3/c1-3-27-15(2)21(22(29)30-14-16-9-5-4-6-10-16)18(13-20(27)28)17-11-7-8-12-19(17)23(24,25)26/h4-12,18H,3,13-14H2,1-2H3. The number of allylic oxidation sites excluding steroid dienone is 1. The van der Waals surface area contributed by atoms with E-state index in [0.717, 1.165) is 11.6 Å². The van der Waals surface area contributed by atoms with Gasteiger partial charge in [0.1, 0.15) is 6.61 Å². The number of benzene rings is 2. The van der Waals surface area contributed by atoms with Gasteiger partial charge in [-0.05, 0) is 31.0 Å². The topological polar surface area (TPSA) is 46.6 Å². The van der Waals surface area contributed by atoms with Crippen LogP contribution in [0.5, 0.6) is 0 Å². The number of amides is 1. The van der Waals surface area contributed by atoms with E-state index in [1.807, 2.05) is 6.07 Å². The molecule has 1 aliphatic rings. The molecule has 2 aromatic rings. The summed E-state index contributed by atoms with van der Waals surface area (Å²) >= 11 is 0. The predicted molar refractivity (Wildman–Crippen MR) is 105 cm³/mol. The van der Waals surface area contributed by atoms with Crippen LogP contribution in [0.15, 0.2) is 65.9 Å². The summed E-state index contributed by atoms with van der Waals surface area (Å²) in [6.07, 6.45) is -4.83. The van der Waals surface area contributed by atoms with Gasteiger partial charge in [0.05, 0.1) is 11.1 Å². The molecule has 158 valence electrons. The Hall–Kier alpha value is -3.09. The molecule has 1 heterocycles. The maximum atomic E-state index is 13.6. The van der Waals surface area contributed by atoms with Gasteiger partial charge in [0.15, 0.2) is 0 Å². The molecule has 0 fully saturated rings. The van der Waals surface area contributed by atoms with Crippen LogP contribution in [0.1, 0.15) is 42.9 Å². The fourth-order valence-corrected chi connectivity index (χ4v) is 3.80. The first-order valence-corrected chi connectivity index (χ1v) is 9.62. The van der Waals surface area contributed by atoms with E-state index in [1.54, 1.807) is 38.1 Å². The third kappa shape index (κ3) is 4.40. The van der Waals surface area contributed by atoms with Crippen molar-refractivity contribution in [3.05, 3.63) is 82.6 Å². The van der Waals surface area contributed by atoms with E-state index in [9.17, 15) is 22.8 Å². The average Bonchev–Trinajstić information content (AvgIpc) is 2.72. The number of halogens is 3. The minimum atomic E-state index is -4.60. The molecule has 3 rings (SSSR count). The number of rotatable bonds is 5. The summed E-state index contributed by atoms with van der Waals surface area (Å²) in [4.78, 5) is 27.0. The summed E-state index contributed by atoms with van der Waals surface area (Å²) in [5.41, 5.74) is 0.225. The second kappa shape index (κ2) is 8.73. The number of carbonyl (C=O) groups is 2. The Labute approximate surface area is 173 Å². The van der Waals surface area contributed by atoms with E-state index in [-0.39, 0.29) is 30.1 Å². The zero-order valence-corrected chi connectivity index (χ0v) is 16.7.